The second-order valence-corrected chi connectivity index (χ2v) is 6.39. The molecule has 17 heavy (non-hydrogen) atoms. The van der Waals surface area contributed by atoms with E-state index >= 15 is 0 Å². The monoisotopic (exact) mass is 254 g/mol. The van der Waals surface area contributed by atoms with Crippen LogP contribution in [0, 0.1) is 5.92 Å². The van der Waals surface area contributed by atoms with Gasteiger partial charge in [0.15, 0.2) is 0 Å². The average molecular weight is 254 g/mol. The highest BCUT2D eigenvalue weighted by Gasteiger charge is 2.27. The fraction of sp³-hybridized carbons (Fsp3) is 0.500. The molecule has 1 aliphatic rings. The SMILES string of the molecule is CNS(=O)(=O)c1cccc(NC(C)C2CC2)c1. The van der Waals surface area contributed by atoms with Gasteiger partial charge in [-0.15, -0.1) is 0 Å². The summed E-state index contributed by atoms with van der Waals surface area (Å²) in [6.07, 6.45) is 2.53. The van der Waals surface area contributed by atoms with Crippen LogP contribution in [0.4, 0.5) is 5.69 Å². The van der Waals surface area contributed by atoms with E-state index in [1.807, 2.05) is 6.07 Å². The van der Waals surface area contributed by atoms with E-state index in [0.717, 1.165) is 11.6 Å². The van der Waals surface area contributed by atoms with Gasteiger partial charge in [0.05, 0.1) is 4.90 Å². The third-order valence-electron chi connectivity index (χ3n) is 3.14. The molecule has 0 bridgehead atoms. The van der Waals surface area contributed by atoms with Gasteiger partial charge in [-0.25, -0.2) is 13.1 Å². The molecule has 0 aliphatic heterocycles. The number of anilines is 1. The number of rotatable bonds is 5. The van der Waals surface area contributed by atoms with Crippen molar-refractivity contribution in [1.82, 2.24) is 4.72 Å². The molecular weight excluding hydrogens is 236 g/mol. The maximum absolute atomic E-state index is 11.6. The predicted octanol–water partition coefficient (Wildman–Crippen LogP) is 1.81. The van der Waals surface area contributed by atoms with E-state index in [9.17, 15) is 8.42 Å². The van der Waals surface area contributed by atoms with Crippen molar-refractivity contribution in [3.05, 3.63) is 24.3 Å². The van der Waals surface area contributed by atoms with Gasteiger partial charge < -0.3 is 5.32 Å². The first-order chi connectivity index (χ1) is 8.03. The highest BCUT2D eigenvalue weighted by Crippen LogP contribution is 2.34. The van der Waals surface area contributed by atoms with Crippen LogP contribution >= 0.6 is 0 Å². The van der Waals surface area contributed by atoms with Gasteiger partial charge in [-0.3, -0.25) is 0 Å². The Morgan fingerprint density at radius 3 is 2.65 bits per heavy atom. The topological polar surface area (TPSA) is 58.2 Å². The van der Waals surface area contributed by atoms with Crippen molar-refractivity contribution >= 4 is 15.7 Å². The minimum absolute atomic E-state index is 0.299. The molecule has 0 aromatic heterocycles. The molecule has 2 N–H and O–H groups in total. The summed E-state index contributed by atoms with van der Waals surface area (Å²) in [6.45, 7) is 2.14. The fourth-order valence-electron chi connectivity index (χ4n) is 1.85. The lowest BCUT2D eigenvalue weighted by molar-refractivity contribution is 0.588. The molecule has 1 atom stereocenters. The lowest BCUT2D eigenvalue weighted by Gasteiger charge is -2.15. The van der Waals surface area contributed by atoms with Crippen molar-refractivity contribution in [3.63, 3.8) is 0 Å². The number of benzene rings is 1. The third-order valence-corrected chi connectivity index (χ3v) is 4.55. The van der Waals surface area contributed by atoms with Crippen LogP contribution in [-0.2, 0) is 10.0 Å². The maximum Gasteiger partial charge on any atom is 0.240 e. The predicted molar refractivity (Wildman–Crippen MR) is 68.5 cm³/mol. The van der Waals surface area contributed by atoms with E-state index in [1.54, 1.807) is 18.2 Å². The summed E-state index contributed by atoms with van der Waals surface area (Å²) in [4.78, 5) is 0.299. The van der Waals surface area contributed by atoms with Crippen LogP contribution < -0.4 is 10.0 Å². The van der Waals surface area contributed by atoms with Gasteiger partial charge in [0, 0.05) is 11.7 Å². The van der Waals surface area contributed by atoms with E-state index in [0.29, 0.717) is 10.9 Å². The maximum atomic E-state index is 11.6. The van der Waals surface area contributed by atoms with Crippen LogP contribution in [0.3, 0.4) is 0 Å². The van der Waals surface area contributed by atoms with Gasteiger partial charge in [0.25, 0.3) is 0 Å². The summed E-state index contributed by atoms with van der Waals surface area (Å²) in [5.41, 5.74) is 0.862. The van der Waals surface area contributed by atoms with Crippen molar-refractivity contribution in [3.8, 4) is 0 Å². The zero-order valence-corrected chi connectivity index (χ0v) is 10.9. The normalized spacial score (nSPS) is 17.8. The summed E-state index contributed by atoms with van der Waals surface area (Å²) in [6, 6.07) is 7.33. The molecule has 2 rings (SSSR count). The minimum Gasteiger partial charge on any atom is -0.382 e. The Kier molecular flexibility index (Phi) is 3.40. The van der Waals surface area contributed by atoms with Crippen LogP contribution in [0.1, 0.15) is 19.8 Å². The van der Waals surface area contributed by atoms with E-state index in [-0.39, 0.29) is 0 Å². The Bertz CT molecular complexity index is 495. The molecule has 0 amide bonds. The van der Waals surface area contributed by atoms with Crippen molar-refractivity contribution in [2.24, 2.45) is 5.92 Å². The van der Waals surface area contributed by atoms with Crippen molar-refractivity contribution in [1.29, 1.82) is 0 Å². The molecule has 0 spiro atoms. The standard InChI is InChI=1S/C12H18N2O2S/c1-9(10-6-7-10)14-11-4-3-5-12(8-11)17(15,16)13-2/h3-5,8-10,13-14H,6-7H2,1-2H3. The summed E-state index contributed by atoms with van der Waals surface area (Å²) in [5.74, 6) is 0.736. The Hall–Kier alpha value is -1.07. The molecule has 1 aliphatic carbocycles. The fourth-order valence-corrected chi connectivity index (χ4v) is 2.62. The highest BCUT2D eigenvalue weighted by atomic mass is 32.2. The quantitative estimate of drug-likeness (QED) is 0.842. The van der Waals surface area contributed by atoms with Crippen molar-refractivity contribution in [2.75, 3.05) is 12.4 Å². The molecule has 0 saturated heterocycles. The Morgan fingerprint density at radius 2 is 2.06 bits per heavy atom. The summed E-state index contributed by atoms with van der Waals surface area (Å²) < 4.78 is 25.6. The first kappa shape index (κ1) is 12.4. The summed E-state index contributed by atoms with van der Waals surface area (Å²) >= 11 is 0. The molecule has 1 aromatic carbocycles. The second-order valence-electron chi connectivity index (χ2n) is 4.51. The van der Waals surface area contributed by atoms with E-state index in [4.69, 9.17) is 0 Å². The Labute approximate surface area is 102 Å². The molecule has 4 nitrogen and oxygen atoms in total. The minimum atomic E-state index is -3.35. The molecule has 1 aromatic rings. The van der Waals surface area contributed by atoms with Crippen LogP contribution in [0.2, 0.25) is 0 Å². The van der Waals surface area contributed by atoms with E-state index in [1.165, 1.54) is 19.9 Å². The number of hydrogen-bond acceptors (Lipinski definition) is 3. The molecule has 1 saturated carbocycles. The van der Waals surface area contributed by atoms with Gasteiger partial charge in [0.2, 0.25) is 10.0 Å². The molecule has 5 heteroatoms. The van der Waals surface area contributed by atoms with Crippen LogP contribution in [0.15, 0.2) is 29.2 Å². The zero-order valence-electron chi connectivity index (χ0n) is 10.1. The van der Waals surface area contributed by atoms with Gasteiger partial charge in [-0.05, 0) is 50.9 Å². The first-order valence-corrected chi connectivity index (χ1v) is 7.31. The highest BCUT2D eigenvalue weighted by molar-refractivity contribution is 7.89. The number of nitrogens with one attached hydrogen (secondary N) is 2. The van der Waals surface area contributed by atoms with Crippen LogP contribution in [-0.4, -0.2) is 21.5 Å². The van der Waals surface area contributed by atoms with E-state index in [2.05, 4.69) is 17.0 Å². The third kappa shape index (κ3) is 2.98. The van der Waals surface area contributed by atoms with Crippen molar-refractivity contribution in [2.45, 2.75) is 30.7 Å². The number of hydrogen-bond donors (Lipinski definition) is 2. The van der Waals surface area contributed by atoms with E-state index < -0.39 is 10.0 Å². The van der Waals surface area contributed by atoms with Crippen LogP contribution in [0.5, 0.6) is 0 Å². The Balaban J connectivity index is 2.16. The molecule has 0 heterocycles. The summed E-state index contributed by atoms with van der Waals surface area (Å²) in [5, 5.41) is 3.35. The average Bonchev–Trinajstić information content (AvgIpc) is 3.13. The summed E-state index contributed by atoms with van der Waals surface area (Å²) in [7, 11) is -1.93. The second kappa shape index (κ2) is 4.66. The van der Waals surface area contributed by atoms with Crippen molar-refractivity contribution < 1.29 is 8.42 Å². The largest absolute Gasteiger partial charge is 0.382 e. The van der Waals surface area contributed by atoms with Gasteiger partial charge in [0.1, 0.15) is 0 Å². The van der Waals surface area contributed by atoms with Gasteiger partial charge in [-0.2, -0.15) is 0 Å². The molecular formula is C12H18N2O2S. The molecule has 1 fully saturated rings. The Morgan fingerprint density at radius 1 is 1.35 bits per heavy atom. The molecule has 0 radical (unpaired) electrons. The molecule has 1 unspecified atom stereocenters. The van der Waals surface area contributed by atoms with Gasteiger partial charge in [-0.1, -0.05) is 6.07 Å². The first-order valence-electron chi connectivity index (χ1n) is 5.83. The zero-order chi connectivity index (χ0) is 12.5. The molecule has 94 valence electrons. The number of sulfonamides is 1. The lowest BCUT2D eigenvalue weighted by Crippen LogP contribution is -2.20. The van der Waals surface area contributed by atoms with Crippen LogP contribution in [0.25, 0.3) is 0 Å². The lowest BCUT2D eigenvalue weighted by atomic mass is 10.2. The smallest absolute Gasteiger partial charge is 0.240 e. The van der Waals surface area contributed by atoms with Gasteiger partial charge >= 0.3 is 0 Å².